The zero-order valence-electron chi connectivity index (χ0n) is 7.53. The average molecular weight is 197 g/mol. The lowest BCUT2D eigenvalue weighted by Crippen LogP contribution is -2.16. The van der Waals surface area contributed by atoms with Gasteiger partial charge in [0.2, 0.25) is 11.9 Å². The molecule has 8 heteroatoms. The first-order chi connectivity index (χ1) is 6.65. The van der Waals surface area contributed by atoms with Gasteiger partial charge in [-0.05, 0) is 0 Å². The summed E-state index contributed by atoms with van der Waals surface area (Å²) in [6.45, 7) is 1.35. The van der Waals surface area contributed by atoms with Crippen molar-refractivity contribution in [3.63, 3.8) is 0 Å². The summed E-state index contributed by atoms with van der Waals surface area (Å²) in [6.07, 6.45) is 0. The third-order valence-electron chi connectivity index (χ3n) is 1.31. The van der Waals surface area contributed by atoms with Gasteiger partial charge >= 0.3 is 0 Å². The number of nitrogens with two attached hydrogens (primary N) is 2. The first kappa shape index (κ1) is 10.2. The predicted octanol–water partition coefficient (Wildman–Crippen LogP) is -0.994. The van der Waals surface area contributed by atoms with Crippen LogP contribution in [0.4, 0.5) is 17.6 Å². The Morgan fingerprint density at radius 2 is 1.79 bits per heavy atom. The molecule has 1 aromatic heterocycles. The van der Waals surface area contributed by atoms with Crippen LogP contribution in [0.3, 0.4) is 0 Å². The van der Waals surface area contributed by atoms with E-state index >= 15 is 0 Å². The van der Waals surface area contributed by atoms with Crippen molar-refractivity contribution in [2.75, 3.05) is 16.2 Å². The first-order valence-corrected chi connectivity index (χ1v) is 3.75. The van der Waals surface area contributed by atoms with Crippen LogP contribution >= 0.6 is 0 Å². The SMILES string of the molecule is CC(=O)Nc1nc(NN)cc(NN)n1. The molecule has 0 saturated carbocycles. The topological polar surface area (TPSA) is 131 Å². The number of carbonyl (C=O) groups is 1. The smallest absolute Gasteiger partial charge is 0.233 e. The fraction of sp³-hybridized carbons (Fsp3) is 0.167. The molecule has 0 spiro atoms. The quantitative estimate of drug-likeness (QED) is 0.310. The zero-order chi connectivity index (χ0) is 10.6. The van der Waals surface area contributed by atoms with E-state index in [0.717, 1.165) is 0 Å². The van der Waals surface area contributed by atoms with Gasteiger partial charge in [-0.1, -0.05) is 0 Å². The molecule has 7 N–H and O–H groups in total. The molecule has 1 amide bonds. The van der Waals surface area contributed by atoms with Gasteiger partial charge in [-0.3, -0.25) is 10.1 Å². The van der Waals surface area contributed by atoms with Gasteiger partial charge in [-0.2, -0.15) is 9.97 Å². The highest BCUT2D eigenvalue weighted by Crippen LogP contribution is 2.11. The second-order valence-corrected chi connectivity index (χ2v) is 2.43. The monoisotopic (exact) mass is 197 g/mol. The molecule has 0 bridgehead atoms. The van der Waals surface area contributed by atoms with E-state index in [-0.39, 0.29) is 11.9 Å². The van der Waals surface area contributed by atoms with Crippen molar-refractivity contribution >= 4 is 23.5 Å². The molecular formula is C6H11N7O. The van der Waals surface area contributed by atoms with E-state index in [4.69, 9.17) is 11.7 Å². The number of rotatable bonds is 3. The van der Waals surface area contributed by atoms with E-state index in [2.05, 4.69) is 26.1 Å². The number of nitrogens with one attached hydrogen (secondary N) is 3. The summed E-state index contributed by atoms with van der Waals surface area (Å²) in [4.78, 5) is 18.4. The Bertz CT molecular complexity index is 317. The van der Waals surface area contributed by atoms with Gasteiger partial charge in [0.15, 0.2) is 0 Å². The zero-order valence-corrected chi connectivity index (χ0v) is 7.53. The highest BCUT2D eigenvalue weighted by Gasteiger charge is 2.03. The Hall–Kier alpha value is -1.93. The van der Waals surface area contributed by atoms with Gasteiger partial charge in [-0.25, -0.2) is 11.7 Å². The maximum absolute atomic E-state index is 10.7. The van der Waals surface area contributed by atoms with Crippen LogP contribution in [0.5, 0.6) is 0 Å². The maximum Gasteiger partial charge on any atom is 0.233 e. The largest absolute Gasteiger partial charge is 0.308 e. The summed E-state index contributed by atoms with van der Waals surface area (Å²) in [5, 5.41) is 2.40. The molecule has 1 heterocycles. The molecule has 0 aliphatic heterocycles. The number of hydrazine groups is 2. The minimum atomic E-state index is -0.276. The predicted molar refractivity (Wildman–Crippen MR) is 52.0 cm³/mol. The highest BCUT2D eigenvalue weighted by molar-refractivity contribution is 5.87. The third kappa shape index (κ3) is 2.54. The number of nitrogen functional groups attached to an aromatic ring is 2. The molecule has 0 unspecified atom stereocenters. The molecule has 1 aromatic rings. The molecule has 1 rings (SSSR count). The van der Waals surface area contributed by atoms with E-state index < -0.39 is 0 Å². The Balaban J connectivity index is 2.98. The molecule has 14 heavy (non-hydrogen) atoms. The number of amides is 1. The minimum Gasteiger partial charge on any atom is -0.308 e. The molecule has 0 aliphatic rings. The lowest BCUT2D eigenvalue weighted by molar-refractivity contribution is -0.114. The molecule has 0 aromatic carbocycles. The number of nitrogens with zero attached hydrogens (tertiary/aromatic N) is 2. The summed E-state index contributed by atoms with van der Waals surface area (Å²) in [5.74, 6) is 10.8. The van der Waals surface area contributed by atoms with E-state index in [9.17, 15) is 4.79 Å². The summed E-state index contributed by atoms with van der Waals surface area (Å²) in [5.41, 5.74) is 4.63. The molecule has 0 aliphatic carbocycles. The van der Waals surface area contributed by atoms with Gasteiger partial charge in [0.1, 0.15) is 11.6 Å². The molecule has 76 valence electrons. The van der Waals surface area contributed by atoms with E-state index in [1.165, 1.54) is 13.0 Å². The molecule has 0 fully saturated rings. The van der Waals surface area contributed by atoms with Gasteiger partial charge in [0, 0.05) is 13.0 Å². The molecule has 0 atom stereocenters. The van der Waals surface area contributed by atoms with Crippen LogP contribution in [0.1, 0.15) is 6.92 Å². The van der Waals surface area contributed by atoms with Crippen molar-refractivity contribution in [1.82, 2.24) is 9.97 Å². The van der Waals surface area contributed by atoms with Gasteiger partial charge in [0.05, 0.1) is 0 Å². The second-order valence-electron chi connectivity index (χ2n) is 2.43. The van der Waals surface area contributed by atoms with Crippen LogP contribution in [-0.4, -0.2) is 15.9 Å². The summed E-state index contributed by atoms with van der Waals surface area (Å²) < 4.78 is 0. The average Bonchev–Trinajstić information content (AvgIpc) is 2.16. The first-order valence-electron chi connectivity index (χ1n) is 3.75. The Kier molecular flexibility index (Phi) is 3.15. The number of aromatic nitrogens is 2. The van der Waals surface area contributed by atoms with Crippen LogP contribution in [0, 0.1) is 0 Å². The minimum absolute atomic E-state index is 0.126. The lowest BCUT2D eigenvalue weighted by atomic mass is 10.5. The fourth-order valence-corrected chi connectivity index (χ4v) is 0.808. The maximum atomic E-state index is 10.7. The molecule has 8 nitrogen and oxygen atoms in total. The van der Waals surface area contributed by atoms with Crippen LogP contribution < -0.4 is 27.9 Å². The van der Waals surface area contributed by atoms with E-state index in [1.54, 1.807) is 0 Å². The standard InChI is InChI=1S/C6H11N7O/c1-3(14)9-6-10-4(12-7)2-5(11-6)13-8/h2H,7-8H2,1H3,(H3,9,10,11,12,13,14). The Labute approximate surface area is 80.0 Å². The summed E-state index contributed by atoms with van der Waals surface area (Å²) >= 11 is 0. The fourth-order valence-electron chi connectivity index (χ4n) is 0.808. The molecule has 0 saturated heterocycles. The third-order valence-corrected chi connectivity index (χ3v) is 1.31. The van der Waals surface area contributed by atoms with Crippen molar-refractivity contribution in [2.45, 2.75) is 6.92 Å². The number of anilines is 3. The molecule has 0 radical (unpaired) electrons. The highest BCUT2D eigenvalue weighted by atomic mass is 16.1. The number of hydrogen-bond acceptors (Lipinski definition) is 7. The Morgan fingerprint density at radius 1 is 1.29 bits per heavy atom. The van der Waals surface area contributed by atoms with Crippen molar-refractivity contribution in [3.05, 3.63) is 6.07 Å². The van der Waals surface area contributed by atoms with E-state index in [0.29, 0.717) is 11.6 Å². The van der Waals surface area contributed by atoms with Crippen LogP contribution in [0.15, 0.2) is 6.07 Å². The normalized spacial score (nSPS) is 9.36. The van der Waals surface area contributed by atoms with Crippen LogP contribution in [-0.2, 0) is 4.79 Å². The van der Waals surface area contributed by atoms with Gasteiger partial charge in [0.25, 0.3) is 0 Å². The van der Waals surface area contributed by atoms with Crippen molar-refractivity contribution in [2.24, 2.45) is 11.7 Å². The van der Waals surface area contributed by atoms with Crippen molar-refractivity contribution in [3.8, 4) is 0 Å². The van der Waals surface area contributed by atoms with Crippen LogP contribution in [0.2, 0.25) is 0 Å². The number of carbonyl (C=O) groups excluding carboxylic acids is 1. The lowest BCUT2D eigenvalue weighted by Gasteiger charge is -2.06. The summed E-state index contributed by atoms with van der Waals surface area (Å²) in [7, 11) is 0. The van der Waals surface area contributed by atoms with E-state index in [1.807, 2.05) is 0 Å². The summed E-state index contributed by atoms with van der Waals surface area (Å²) in [6, 6.07) is 1.49. The van der Waals surface area contributed by atoms with Gasteiger partial charge < -0.3 is 10.9 Å². The molecular weight excluding hydrogens is 186 g/mol. The van der Waals surface area contributed by atoms with Crippen LogP contribution in [0.25, 0.3) is 0 Å². The second kappa shape index (κ2) is 4.35. The van der Waals surface area contributed by atoms with Crippen molar-refractivity contribution in [1.29, 1.82) is 0 Å². The number of hydrogen-bond donors (Lipinski definition) is 5. The van der Waals surface area contributed by atoms with Gasteiger partial charge in [-0.15, -0.1) is 0 Å². The Morgan fingerprint density at radius 3 is 2.14 bits per heavy atom. The van der Waals surface area contributed by atoms with Crippen molar-refractivity contribution < 1.29 is 4.79 Å².